The number of hydrogen-bond donors (Lipinski definition) is 2. The van der Waals surface area contributed by atoms with Crippen molar-refractivity contribution in [2.45, 2.75) is 12.7 Å². The van der Waals surface area contributed by atoms with Gasteiger partial charge in [0.2, 0.25) is 0 Å². The van der Waals surface area contributed by atoms with Crippen LogP contribution in [0.4, 0.5) is 19.0 Å². The predicted octanol–water partition coefficient (Wildman–Crippen LogP) is 2.87. The number of nitrogens with zero attached hydrogens (tertiary/aromatic N) is 2. The van der Waals surface area contributed by atoms with Gasteiger partial charge in [0.05, 0.1) is 12.1 Å². The number of hydrogen-bond acceptors (Lipinski definition) is 5. The predicted molar refractivity (Wildman–Crippen MR) is 65.6 cm³/mol. The van der Waals surface area contributed by atoms with Crippen LogP contribution >= 0.6 is 11.3 Å². The van der Waals surface area contributed by atoms with E-state index in [1.165, 1.54) is 17.6 Å². The molecule has 0 aliphatic carbocycles. The monoisotopic (exact) mass is 303 g/mol. The van der Waals surface area contributed by atoms with Gasteiger partial charge in [-0.05, 0) is 12.1 Å². The van der Waals surface area contributed by atoms with Crippen LogP contribution in [0, 0.1) is 0 Å². The van der Waals surface area contributed by atoms with Crippen LogP contribution in [0.1, 0.15) is 21.1 Å². The van der Waals surface area contributed by atoms with Crippen molar-refractivity contribution in [1.29, 1.82) is 0 Å². The fourth-order valence-electron chi connectivity index (χ4n) is 1.42. The number of carbonyl (C=O) groups is 1. The highest BCUT2D eigenvalue weighted by molar-refractivity contribution is 7.09. The van der Waals surface area contributed by atoms with E-state index in [1.807, 2.05) is 0 Å². The van der Waals surface area contributed by atoms with Gasteiger partial charge in [-0.3, -0.25) is 0 Å². The summed E-state index contributed by atoms with van der Waals surface area (Å²) in [6.07, 6.45) is -3.27. The molecule has 2 heterocycles. The van der Waals surface area contributed by atoms with Gasteiger partial charge in [0.25, 0.3) is 0 Å². The molecule has 0 fully saturated rings. The molecule has 0 aliphatic heterocycles. The fraction of sp³-hybridized carbons (Fsp3) is 0.182. The fourth-order valence-corrected chi connectivity index (χ4v) is 2.13. The van der Waals surface area contributed by atoms with Crippen molar-refractivity contribution in [2.24, 2.45) is 0 Å². The molecule has 0 amide bonds. The molecule has 0 bridgehead atoms. The first-order valence-electron chi connectivity index (χ1n) is 5.31. The van der Waals surface area contributed by atoms with Crippen molar-refractivity contribution in [3.63, 3.8) is 0 Å². The molecule has 0 spiro atoms. The minimum atomic E-state index is -4.51. The first kappa shape index (κ1) is 14.3. The number of pyridine rings is 1. The molecule has 2 N–H and O–H groups in total. The van der Waals surface area contributed by atoms with Crippen LogP contribution in [0.5, 0.6) is 0 Å². The molecule has 5 nitrogen and oxygen atoms in total. The Balaban J connectivity index is 2.13. The lowest BCUT2D eigenvalue weighted by atomic mass is 10.2. The van der Waals surface area contributed by atoms with Gasteiger partial charge in [-0.25, -0.2) is 14.8 Å². The lowest BCUT2D eigenvalue weighted by molar-refractivity contribution is -0.137. The Hall–Kier alpha value is -2.16. The van der Waals surface area contributed by atoms with Gasteiger partial charge < -0.3 is 10.4 Å². The Kier molecular flexibility index (Phi) is 3.89. The molecule has 0 aromatic carbocycles. The lowest BCUT2D eigenvalue weighted by Gasteiger charge is -2.12. The third-order valence-corrected chi connectivity index (χ3v) is 3.14. The minimum absolute atomic E-state index is 0.0297. The summed E-state index contributed by atoms with van der Waals surface area (Å²) < 4.78 is 38.1. The molecule has 106 valence electrons. The van der Waals surface area contributed by atoms with Crippen molar-refractivity contribution in [3.05, 3.63) is 40.0 Å². The van der Waals surface area contributed by atoms with E-state index in [4.69, 9.17) is 5.11 Å². The molecular formula is C11H8F3N3O2S. The van der Waals surface area contributed by atoms with E-state index in [-0.39, 0.29) is 18.1 Å². The van der Waals surface area contributed by atoms with Crippen LogP contribution in [0.3, 0.4) is 0 Å². The Labute approximate surface area is 115 Å². The zero-order chi connectivity index (χ0) is 14.8. The van der Waals surface area contributed by atoms with Crippen LogP contribution in [0.2, 0.25) is 0 Å². The largest absolute Gasteiger partial charge is 0.476 e. The number of carboxylic acids is 1. The summed E-state index contributed by atoms with van der Waals surface area (Å²) in [4.78, 5) is 18.0. The molecule has 9 heteroatoms. The molecule has 0 atom stereocenters. The molecule has 2 rings (SSSR count). The van der Waals surface area contributed by atoms with Crippen LogP contribution in [-0.4, -0.2) is 21.0 Å². The highest BCUT2D eigenvalue weighted by Crippen LogP contribution is 2.33. The van der Waals surface area contributed by atoms with Crippen LogP contribution in [0.15, 0.2) is 23.7 Å². The number of nitrogens with one attached hydrogen (secondary N) is 1. The number of thiazole rings is 1. The Morgan fingerprint density at radius 2 is 2.20 bits per heavy atom. The molecule has 20 heavy (non-hydrogen) atoms. The van der Waals surface area contributed by atoms with Crippen molar-refractivity contribution in [1.82, 2.24) is 9.97 Å². The second-order valence-electron chi connectivity index (χ2n) is 3.68. The van der Waals surface area contributed by atoms with E-state index in [0.29, 0.717) is 5.01 Å². The SMILES string of the molecule is O=C(O)c1csc(CNc2ncccc2C(F)(F)F)n1. The highest BCUT2D eigenvalue weighted by atomic mass is 32.1. The molecule has 0 unspecified atom stereocenters. The summed E-state index contributed by atoms with van der Waals surface area (Å²) in [6.45, 7) is -0.0297. The van der Waals surface area contributed by atoms with E-state index in [0.717, 1.165) is 17.4 Å². The third kappa shape index (κ3) is 3.23. The van der Waals surface area contributed by atoms with Gasteiger partial charge in [-0.2, -0.15) is 13.2 Å². The van der Waals surface area contributed by atoms with E-state index in [2.05, 4.69) is 15.3 Å². The van der Waals surface area contributed by atoms with Gasteiger partial charge >= 0.3 is 12.1 Å². The second kappa shape index (κ2) is 5.45. The van der Waals surface area contributed by atoms with Crippen LogP contribution in [0.25, 0.3) is 0 Å². The molecule has 2 aromatic rings. The number of anilines is 1. The summed E-state index contributed by atoms with van der Waals surface area (Å²) in [5.74, 6) is -1.49. The van der Waals surface area contributed by atoms with Crippen molar-refractivity contribution in [2.75, 3.05) is 5.32 Å². The minimum Gasteiger partial charge on any atom is -0.476 e. The van der Waals surface area contributed by atoms with Crippen LogP contribution < -0.4 is 5.32 Å². The van der Waals surface area contributed by atoms with Crippen molar-refractivity contribution < 1.29 is 23.1 Å². The normalized spacial score (nSPS) is 11.3. The van der Waals surface area contributed by atoms with Gasteiger partial charge in [-0.15, -0.1) is 11.3 Å². The molecule has 0 radical (unpaired) electrons. The maximum Gasteiger partial charge on any atom is 0.419 e. The standard InChI is InChI=1S/C11H8F3N3O2S/c12-11(13,14)6-2-1-3-15-9(6)16-4-8-17-7(5-20-8)10(18)19/h1-3,5H,4H2,(H,15,16)(H,18,19). The number of aromatic carboxylic acids is 1. The maximum absolute atomic E-state index is 12.7. The molecule has 0 saturated carbocycles. The van der Waals surface area contributed by atoms with Gasteiger partial charge in [0.15, 0.2) is 5.69 Å². The van der Waals surface area contributed by atoms with E-state index < -0.39 is 17.7 Å². The highest BCUT2D eigenvalue weighted by Gasteiger charge is 2.34. The van der Waals surface area contributed by atoms with Crippen LogP contribution in [-0.2, 0) is 12.7 Å². The van der Waals surface area contributed by atoms with Crippen molar-refractivity contribution in [3.8, 4) is 0 Å². The number of rotatable bonds is 4. The molecule has 0 saturated heterocycles. The third-order valence-electron chi connectivity index (χ3n) is 2.29. The Morgan fingerprint density at radius 1 is 1.45 bits per heavy atom. The quantitative estimate of drug-likeness (QED) is 0.908. The summed E-state index contributed by atoms with van der Waals surface area (Å²) in [6, 6.07) is 2.11. The topological polar surface area (TPSA) is 75.1 Å². The van der Waals surface area contributed by atoms with Gasteiger partial charge in [0.1, 0.15) is 10.8 Å². The number of halogens is 3. The zero-order valence-corrected chi connectivity index (χ0v) is 10.6. The molecule has 2 aromatic heterocycles. The zero-order valence-electron chi connectivity index (χ0n) is 9.81. The average molecular weight is 303 g/mol. The van der Waals surface area contributed by atoms with Gasteiger partial charge in [0, 0.05) is 11.6 Å². The molecular weight excluding hydrogens is 295 g/mol. The van der Waals surface area contributed by atoms with Gasteiger partial charge in [-0.1, -0.05) is 0 Å². The average Bonchev–Trinajstić information content (AvgIpc) is 2.84. The van der Waals surface area contributed by atoms with E-state index in [9.17, 15) is 18.0 Å². The number of carboxylic acid groups (broad SMARTS) is 1. The number of alkyl halides is 3. The maximum atomic E-state index is 12.7. The number of aromatic nitrogens is 2. The Bertz CT molecular complexity index is 627. The van der Waals surface area contributed by atoms with E-state index >= 15 is 0 Å². The lowest BCUT2D eigenvalue weighted by Crippen LogP contribution is -2.12. The Morgan fingerprint density at radius 3 is 2.80 bits per heavy atom. The summed E-state index contributed by atoms with van der Waals surface area (Å²) in [5, 5.41) is 12.9. The first-order valence-corrected chi connectivity index (χ1v) is 6.19. The summed E-state index contributed by atoms with van der Waals surface area (Å²) >= 11 is 1.05. The van der Waals surface area contributed by atoms with E-state index in [1.54, 1.807) is 0 Å². The summed E-state index contributed by atoms with van der Waals surface area (Å²) in [7, 11) is 0. The second-order valence-corrected chi connectivity index (χ2v) is 4.63. The summed E-state index contributed by atoms with van der Waals surface area (Å²) in [5.41, 5.74) is -1.01. The smallest absolute Gasteiger partial charge is 0.419 e. The first-order chi connectivity index (χ1) is 9.38. The van der Waals surface area contributed by atoms with Crippen molar-refractivity contribution >= 4 is 23.1 Å². The molecule has 0 aliphatic rings.